The van der Waals surface area contributed by atoms with Gasteiger partial charge in [0.15, 0.2) is 0 Å². The van der Waals surface area contributed by atoms with Crippen molar-refractivity contribution in [1.82, 2.24) is 10.3 Å². The molecule has 1 fully saturated rings. The van der Waals surface area contributed by atoms with E-state index < -0.39 is 0 Å². The number of aromatic nitrogens is 1. The highest BCUT2D eigenvalue weighted by Crippen LogP contribution is 2.32. The number of nitrogens with zero attached hydrogens (tertiary/aromatic N) is 1. The number of hydrogen-bond donors (Lipinski definition) is 1. The lowest BCUT2D eigenvalue weighted by molar-refractivity contribution is 0.127. The maximum Gasteiger partial charge on any atom is 0.0669 e. The Morgan fingerprint density at radius 3 is 2.88 bits per heavy atom. The van der Waals surface area contributed by atoms with Crippen LogP contribution in [0.2, 0.25) is 0 Å². The maximum absolute atomic E-state index is 5.57. The number of thioether (sulfide) groups is 1. The molecule has 1 aliphatic rings. The van der Waals surface area contributed by atoms with Crippen LogP contribution in [0.5, 0.6) is 0 Å². The Morgan fingerprint density at radius 2 is 2.35 bits per heavy atom. The first kappa shape index (κ1) is 12.9. The van der Waals surface area contributed by atoms with E-state index in [1.165, 1.54) is 4.90 Å². The summed E-state index contributed by atoms with van der Waals surface area (Å²) in [6.45, 7) is 5.15. The van der Waals surface area contributed by atoms with Gasteiger partial charge in [-0.25, -0.2) is 0 Å². The highest BCUT2D eigenvalue weighted by Gasteiger charge is 2.25. The Hall–Kier alpha value is -0.580. The molecule has 0 saturated carbocycles. The molecular weight excluding hydrogens is 232 g/mol. The van der Waals surface area contributed by atoms with E-state index in [1.807, 2.05) is 25.0 Å². The summed E-state index contributed by atoms with van der Waals surface area (Å²) < 4.78 is 5.57. The molecule has 17 heavy (non-hydrogen) atoms. The largest absolute Gasteiger partial charge is 0.377 e. The standard InChI is InChI=1S/C13H20N2OS/c1-9(14-3)12-5-4-11(8-15-12)17-13-6-7-16-10(13)2/h4-5,8-10,13-14H,6-7H2,1-3H3. The predicted molar refractivity (Wildman–Crippen MR) is 71.4 cm³/mol. The van der Waals surface area contributed by atoms with Crippen LogP contribution in [-0.2, 0) is 4.74 Å². The van der Waals surface area contributed by atoms with Crippen LogP contribution in [0.4, 0.5) is 0 Å². The number of rotatable bonds is 4. The maximum atomic E-state index is 5.57. The lowest BCUT2D eigenvalue weighted by Crippen LogP contribution is -2.14. The van der Waals surface area contributed by atoms with Gasteiger partial charge in [-0.2, -0.15) is 0 Å². The zero-order valence-electron chi connectivity index (χ0n) is 10.6. The molecular formula is C13H20N2OS. The number of pyridine rings is 1. The Bertz CT molecular complexity index is 355. The molecule has 0 aromatic carbocycles. The predicted octanol–water partition coefficient (Wildman–Crippen LogP) is 2.63. The number of ether oxygens (including phenoxy) is 1. The van der Waals surface area contributed by atoms with Crippen LogP contribution >= 0.6 is 11.8 Å². The van der Waals surface area contributed by atoms with Crippen LogP contribution < -0.4 is 5.32 Å². The topological polar surface area (TPSA) is 34.1 Å². The summed E-state index contributed by atoms with van der Waals surface area (Å²) in [6.07, 6.45) is 3.47. The van der Waals surface area contributed by atoms with Crippen molar-refractivity contribution in [3.05, 3.63) is 24.0 Å². The third-order valence-corrected chi connectivity index (χ3v) is 4.67. The molecule has 94 valence electrons. The van der Waals surface area contributed by atoms with Crippen LogP contribution in [0, 0.1) is 0 Å². The molecule has 1 saturated heterocycles. The summed E-state index contributed by atoms with van der Waals surface area (Å²) in [5.74, 6) is 0. The molecule has 1 N–H and O–H groups in total. The molecule has 0 aliphatic carbocycles. The van der Waals surface area contributed by atoms with E-state index in [-0.39, 0.29) is 0 Å². The smallest absolute Gasteiger partial charge is 0.0669 e. The Kier molecular flexibility index (Phi) is 4.42. The molecule has 0 spiro atoms. The highest BCUT2D eigenvalue weighted by molar-refractivity contribution is 8.00. The summed E-state index contributed by atoms with van der Waals surface area (Å²) in [5.41, 5.74) is 1.09. The fraction of sp³-hybridized carbons (Fsp3) is 0.615. The van der Waals surface area contributed by atoms with E-state index >= 15 is 0 Å². The monoisotopic (exact) mass is 252 g/mol. The lowest BCUT2D eigenvalue weighted by Gasteiger charge is -2.14. The SMILES string of the molecule is CNC(C)c1ccc(SC2CCOC2C)cn1. The normalized spacial score (nSPS) is 26.1. The van der Waals surface area contributed by atoms with E-state index in [1.54, 1.807) is 0 Å². The minimum atomic E-state index is 0.308. The molecule has 3 atom stereocenters. The molecule has 1 aromatic rings. The van der Waals surface area contributed by atoms with Gasteiger partial charge in [-0.05, 0) is 39.4 Å². The van der Waals surface area contributed by atoms with Crippen LogP contribution in [-0.4, -0.2) is 30.0 Å². The van der Waals surface area contributed by atoms with E-state index in [0.717, 1.165) is 18.7 Å². The molecule has 1 aliphatic heterocycles. The summed E-state index contributed by atoms with van der Waals surface area (Å²) in [5, 5.41) is 3.77. The van der Waals surface area contributed by atoms with Crippen LogP contribution in [0.3, 0.4) is 0 Å². The lowest BCUT2D eigenvalue weighted by atomic mass is 10.2. The first-order chi connectivity index (χ1) is 8.20. The second-order valence-corrected chi connectivity index (χ2v) is 5.76. The van der Waals surface area contributed by atoms with Gasteiger partial charge in [0.25, 0.3) is 0 Å². The molecule has 2 heterocycles. The molecule has 3 unspecified atom stereocenters. The molecule has 0 radical (unpaired) electrons. The van der Waals surface area contributed by atoms with E-state index in [9.17, 15) is 0 Å². The average Bonchev–Trinajstić information content (AvgIpc) is 2.75. The van der Waals surface area contributed by atoms with Gasteiger partial charge in [0.2, 0.25) is 0 Å². The zero-order chi connectivity index (χ0) is 12.3. The number of nitrogens with one attached hydrogen (secondary N) is 1. The molecule has 4 heteroatoms. The molecule has 0 bridgehead atoms. The van der Waals surface area contributed by atoms with Gasteiger partial charge < -0.3 is 10.1 Å². The van der Waals surface area contributed by atoms with Crippen molar-refractivity contribution in [2.45, 2.75) is 42.6 Å². The second kappa shape index (κ2) is 5.85. The first-order valence-corrected chi connectivity index (χ1v) is 7.00. The van der Waals surface area contributed by atoms with Crippen molar-refractivity contribution >= 4 is 11.8 Å². The Balaban J connectivity index is 1.98. The van der Waals surface area contributed by atoms with Gasteiger partial charge in [-0.15, -0.1) is 11.8 Å². The van der Waals surface area contributed by atoms with Crippen molar-refractivity contribution in [3.63, 3.8) is 0 Å². The van der Waals surface area contributed by atoms with Crippen molar-refractivity contribution < 1.29 is 4.74 Å². The van der Waals surface area contributed by atoms with Crippen molar-refractivity contribution in [1.29, 1.82) is 0 Å². The van der Waals surface area contributed by atoms with Crippen LogP contribution in [0.15, 0.2) is 23.2 Å². The van der Waals surface area contributed by atoms with Gasteiger partial charge >= 0.3 is 0 Å². The third kappa shape index (κ3) is 3.21. The Labute approximate surface area is 107 Å². The molecule has 2 rings (SSSR count). The molecule has 3 nitrogen and oxygen atoms in total. The van der Waals surface area contributed by atoms with Gasteiger partial charge in [0, 0.05) is 29.0 Å². The van der Waals surface area contributed by atoms with Gasteiger partial charge in [-0.3, -0.25) is 4.98 Å². The van der Waals surface area contributed by atoms with E-state index in [4.69, 9.17) is 4.74 Å². The van der Waals surface area contributed by atoms with Gasteiger partial charge in [0.05, 0.1) is 11.8 Å². The quantitative estimate of drug-likeness (QED) is 0.893. The molecule has 0 amide bonds. The molecule has 1 aromatic heterocycles. The Morgan fingerprint density at radius 1 is 1.53 bits per heavy atom. The van der Waals surface area contributed by atoms with Crippen molar-refractivity contribution in [2.75, 3.05) is 13.7 Å². The first-order valence-electron chi connectivity index (χ1n) is 6.12. The highest BCUT2D eigenvalue weighted by atomic mass is 32.2. The fourth-order valence-electron chi connectivity index (χ4n) is 1.91. The summed E-state index contributed by atoms with van der Waals surface area (Å²) in [6, 6.07) is 4.57. The second-order valence-electron chi connectivity index (χ2n) is 4.45. The zero-order valence-corrected chi connectivity index (χ0v) is 11.5. The van der Waals surface area contributed by atoms with Crippen LogP contribution in [0.1, 0.15) is 32.0 Å². The summed E-state index contributed by atoms with van der Waals surface area (Å²) >= 11 is 1.88. The van der Waals surface area contributed by atoms with Crippen molar-refractivity contribution in [2.24, 2.45) is 0 Å². The van der Waals surface area contributed by atoms with Gasteiger partial charge in [0.1, 0.15) is 0 Å². The van der Waals surface area contributed by atoms with Crippen LogP contribution in [0.25, 0.3) is 0 Å². The summed E-state index contributed by atoms with van der Waals surface area (Å²) in [7, 11) is 1.95. The third-order valence-electron chi connectivity index (χ3n) is 3.23. The number of hydrogen-bond acceptors (Lipinski definition) is 4. The fourth-order valence-corrected chi connectivity index (χ4v) is 3.00. The average molecular weight is 252 g/mol. The minimum absolute atomic E-state index is 0.308. The summed E-state index contributed by atoms with van der Waals surface area (Å²) in [4.78, 5) is 5.73. The van der Waals surface area contributed by atoms with Crippen molar-refractivity contribution in [3.8, 4) is 0 Å². The van der Waals surface area contributed by atoms with Gasteiger partial charge in [-0.1, -0.05) is 0 Å². The minimum Gasteiger partial charge on any atom is -0.377 e. The van der Waals surface area contributed by atoms with E-state index in [2.05, 4.69) is 36.3 Å². The van der Waals surface area contributed by atoms with E-state index in [0.29, 0.717) is 17.4 Å².